The van der Waals surface area contributed by atoms with E-state index in [1.807, 2.05) is 31.2 Å². The highest BCUT2D eigenvalue weighted by molar-refractivity contribution is 5.89. The van der Waals surface area contributed by atoms with Gasteiger partial charge in [-0.15, -0.1) is 0 Å². The summed E-state index contributed by atoms with van der Waals surface area (Å²) in [5.74, 6) is 0.447. The molecule has 0 saturated carbocycles. The van der Waals surface area contributed by atoms with Crippen LogP contribution in [0.5, 0.6) is 0 Å². The summed E-state index contributed by atoms with van der Waals surface area (Å²) in [5, 5.41) is 5.59. The van der Waals surface area contributed by atoms with Crippen LogP contribution < -0.4 is 10.6 Å². The molecule has 1 saturated heterocycles. The molecule has 2 amide bonds. The SMILES string of the molecule is C[C@H](NC(=O)Nc1nc2ccccc2[nH]1)[C@@H]1CCCO1. The third kappa shape index (κ3) is 2.75. The minimum atomic E-state index is -0.271. The second kappa shape index (κ2) is 5.50. The molecule has 0 spiro atoms. The first-order valence-electron chi connectivity index (χ1n) is 6.86. The van der Waals surface area contributed by atoms with Crippen molar-refractivity contribution in [3.8, 4) is 0 Å². The van der Waals surface area contributed by atoms with Gasteiger partial charge in [-0.1, -0.05) is 12.1 Å². The first-order chi connectivity index (χ1) is 9.72. The van der Waals surface area contributed by atoms with Crippen molar-refractivity contribution in [3.05, 3.63) is 24.3 Å². The molecule has 2 heterocycles. The second-order valence-corrected chi connectivity index (χ2v) is 5.04. The summed E-state index contributed by atoms with van der Waals surface area (Å²) < 4.78 is 5.55. The fourth-order valence-corrected chi connectivity index (χ4v) is 2.45. The zero-order chi connectivity index (χ0) is 13.9. The summed E-state index contributed by atoms with van der Waals surface area (Å²) in [6.45, 7) is 2.73. The Labute approximate surface area is 116 Å². The third-order valence-corrected chi connectivity index (χ3v) is 3.50. The smallest absolute Gasteiger partial charge is 0.321 e. The van der Waals surface area contributed by atoms with Crippen LogP contribution in [-0.2, 0) is 4.74 Å². The van der Waals surface area contributed by atoms with Gasteiger partial charge in [-0.3, -0.25) is 5.32 Å². The van der Waals surface area contributed by atoms with Gasteiger partial charge >= 0.3 is 6.03 Å². The molecule has 0 radical (unpaired) electrons. The zero-order valence-electron chi connectivity index (χ0n) is 11.3. The molecule has 0 unspecified atom stereocenters. The highest BCUT2D eigenvalue weighted by atomic mass is 16.5. The average Bonchev–Trinajstić information content (AvgIpc) is 3.07. The lowest BCUT2D eigenvalue weighted by Crippen LogP contribution is -2.43. The fraction of sp³-hybridized carbons (Fsp3) is 0.429. The van der Waals surface area contributed by atoms with Gasteiger partial charge in [0.05, 0.1) is 23.2 Å². The van der Waals surface area contributed by atoms with E-state index in [0.29, 0.717) is 5.95 Å². The lowest BCUT2D eigenvalue weighted by molar-refractivity contribution is 0.0868. The molecule has 20 heavy (non-hydrogen) atoms. The number of carbonyl (C=O) groups excluding carboxylic acids is 1. The highest BCUT2D eigenvalue weighted by Gasteiger charge is 2.23. The van der Waals surface area contributed by atoms with E-state index in [-0.39, 0.29) is 18.2 Å². The molecule has 1 aliphatic heterocycles. The van der Waals surface area contributed by atoms with Crippen LogP contribution in [0, 0.1) is 0 Å². The Kier molecular flexibility index (Phi) is 3.56. The van der Waals surface area contributed by atoms with Crippen LogP contribution in [0.2, 0.25) is 0 Å². The maximum atomic E-state index is 11.9. The number of nitrogens with zero attached hydrogens (tertiary/aromatic N) is 1. The Morgan fingerprint density at radius 1 is 1.50 bits per heavy atom. The molecule has 0 bridgehead atoms. The van der Waals surface area contributed by atoms with Crippen molar-refractivity contribution >= 4 is 23.0 Å². The quantitative estimate of drug-likeness (QED) is 0.803. The Bertz CT molecular complexity index is 571. The summed E-state index contributed by atoms with van der Waals surface area (Å²) in [7, 11) is 0. The monoisotopic (exact) mass is 274 g/mol. The lowest BCUT2D eigenvalue weighted by atomic mass is 10.1. The topological polar surface area (TPSA) is 79.0 Å². The highest BCUT2D eigenvalue weighted by Crippen LogP contribution is 2.16. The Hall–Kier alpha value is -2.08. The van der Waals surface area contributed by atoms with Gasteiger partial charge in [-0.25, -0.2) is 9.78 Å². The number of amides is 2. The summed E-state index contributed by atoms with van der Waals surface area (Å²) in [6, 6.07) is 7.36. The number of aromatic amines is 1. The minimum Gasteiger partial charge on any atom is -0.376 e. The fourth-order valence-electron chi connectivity index (χ4n) is 2.45. The molecular formula is C14H18N4O2. The van der Waals surface area contributed by atoms with Crippen molar-refractivity contribution in [2.75, 3.05) is 11.9 Å². The molecule has 106 valence electrons. The van der Waals surface area contributed by atoms with Crippen molar-refractivity contribution in [1.29, 1.82) is 0 Å². The van der Waals surface area contributed by atoms with Gasteiger partial charge in [0.2, 0.25) is 5.95 Å². The van der Waals surface area contributed by atoms with E-state index in [4.69, 9.17) is 4.74 Å². The predicted octanol–water partition coefficient (Wildman–Crippen LogP) is 2.25. The van der Waals surface area contributed by atoms with Gasteiger partial charge in [0, 0.05) is 6.61 Å². The molecule has 3 N–H and O–H groups in total. The van der Waals surface area contributed by atoms with Crippen LogP contribution >= 0.6 is 0 Å². The van der Waals surface area contributed by atoms with Crippen molar-refractivity contribution in [2.24, 2.45) is 0 Å². The van der Waals surface area contributed by atoms with E-state index in [9.17, 15) is 4.79 Å². The van der Waals surface area contributed by atoms with E-state index in [0.717, 1.165) is 30.5 Å². The number of fused-ring (bicyclic) bond motifs is 1. The Morgan fingerprint density at radius 3 is 3.10 bits per heavy atom. The minimum absolute atomic E-state index is 0.0121. The van der Waals surface area contributed by atoms with Crippen molar-refractivity contribution in [1.82, 2.24) is 15.3 Å². The third-order valence-electron chi connectivity index (χ3n) is 3.50. The number of benzene rings is 1. The number of nitrogens with one attached hydrogen (secondary N) is 3. The predicted molar refractivity (Wildman–Crippen MR) is 76.7 cm³/mol. The standard InChI is InChI=1S/C14H18N4O2/c1-9(12-7-4-8-20-12)15-14(19)18-13-16-10-5-2-3-6-11(10)17-13/h2-3,5-6,9,12H,4,7-8H2,1H3,(H3,15,16,17,18,19)/t9-,12-/m0/s1. The van der Waals surface area contributed by atoms with E-state index >= 15 is 0 Å². The Balaban J connectivity index is 1.60. The molecule has 6 nitrogen and oxygen atoms in total. The molecule has 3 rings (SSSR count). The molecule has 6 heteroatoms. The number of ether oxygens (including phenoxy) is 1. The number of H-pyrrole nitrogens is 1. The molecule has 2 atom stereocenters. The summed E-state index contributed by atoms with van der Waals surface area (Å²) in [4.78, 5) is 19.3. The van der Waals surface area contributed by atoms with Crippen LogP contribution in [0.1, 0.15) is 19.8 Å². The first-order valence-corrected chi connectivity index (χ1v) is 6.86. The number of imidazole rings is 1. The van der Waals surface area contributed by atoms with Crippen LogP contribution in [0.25, 0.3) is 11.0 Å². The largest absolute Gasteiger partial charge is 0.376 e. The summed E-state index contributed by atoms with van der Waals surface area (Å²) >= 11 is 0. The van der Waals surface area contributed by atoms with Crippen LogP contribution in [-0.4, -0.2) is 34.8 Å². The number of carbonyl (C=O) groups is 1. The van der Waals surface area contributed by atoms with Gasteiger partial charge in [-0.05, 0) is 31.9 Å². The second-order valence-electron chi connectivity index (χ2n) is 5.04. The van der Waals surface area contributed by atoms with Crippen LogP contribution in [0.15, 0.2) is 24.3 Å². The number of hydrogen-bond acceptors (Lipinski definition) is 3. The van der Waals surface area contributed by atoms with Crippen molar-refractivity contribution in [2.45, 2.75) is 31.9 Å². The van der Waals surface area contributed by atoms with E-state index in [2.05, 4.69) is 20.6 Å². The number of urea groups is 1. The molecule has 1 fully saturated rings. The molecule has 2 aromatic rings. The van der Waals surface area contributed by atoms with Gasteiger partial charge in [0.15, 0.2) is 0 Å². The normalized spacial score (nSPS) is 19.9. The van der Waals surface area contributed by atoms with Crippen molar-refractivity contribution < 1.29 is 9.53 Å². The van der Waals surface area contributed by atoms with Gasteiger partial charge in [-0.2, -0.15) is 0 Å². The molecule has 1 aromatic heterocycles. The average molecular weight is 274 g/mol. The van der Waals surface area contributed by atoms with E-state index in [1.165, 1.54) is 0 Å². The zero-order valence-corrected chi connectivity index (χ0v) is 11.3. The van der Waals surface area contributed by atoms with Crippen LogP contribution in [0.4, 0.5) is 10.7 Å². The van der Waals surface area contributed by atoms with Gasteiger partial charge in [0.1, 0.15) is 0 Å². The number of anilines is 1. The first kappa shape index (κ1) is 12.9. The number of para-hydroxylation sites is 2. The lowest BCUT2D eigenvalue weighted by Gasteiger charge is -2.19. The Morgan fingerprint density at radius 2 is 2.35 bits per heavy atom. The maximum absolute atomic E-state index is 11.9. The van der Waals surface area contributed by atoms with Crippen LogP contribution in [0.3, 0.4) is 0 Å². The molecular weight excluding hydrogens is 256 g/mol. The van der Waals surface area contributed by atoms with Crippen molar-refractivity contribution in [3.63, 3.8) is 0 Å². The van der Waals surface area contributed by atoms with E-state index < -0.39 is 0 Å². The maximum Gasteiger partial charge on any atom is 0.321 e. The molecule has 1 aromatic carbocycles. The summed E-state index contributed by atoms with van der Waals surface area (Å²) in [6.07, 6.45) is 2.16. The van der Waals surface area contributed by atoms with E-state index in [1.54, 1.807) is 0 Å². The number of hydrogen-bond donors (Lipinski definition) is 3. The van der Waals surface area contributed by atoms with Gasteiger partial charge in [0.25, 0.3) is 0 Å². The molecule has 0 aliphatic carbocycles. The summed E-state index contributed by atoms with van der Waals surface area (Å²) in [5.41, 5.74) is 1.73. The molecule has 1 aliphatic rings. The number of rotatable bonds is 3. The van der Waals surface area contributed by atoms with Gasteiger partial charge < -0.3 is 15.0 Å². The number of aromatic nitrogens is 2.